The Morgan fingerprint density at radius 2 is 1.71 bits per heavy atom. The van der Waals surface area contributed by atoms with Crippen molar-refractivity contribution in [2.45, 2.75) is 33.6 Å². The van der Waals surface area contributed by atoms with Gasteiger partial charge >= 0.3 is 0 Å². The second-order valence-corrected chi connectivity index (χ2v) is 4.36. The molecule has 0 N–H and O–H groups in total. The number of aryl methyl sites for hydroxylation is 1. The molecule has 1 aromatic carbocycles. The summed E-state index contributed by atoms with van der Waals surface area (Å²) < 4.78 is 0. The van der Waals surface area contributed by atoms with Crippen molar-refractivity contribution in [3.63, 3.8) is 0 Å². The molecule has 3 heteroatoms. The Morgan fingerprint density at radius 3 is 2.18 bits per heavy atom. The van der Waals surface area contributed by atoms with Crippen LogP contribution >= 0.6 is 0 Å². The Kier molecular flexibility index (Phi) is 5.66. The van der Waals surface area contributed by atoms with Gasteiger partial charge in [-0.05, 0) is 5.56 Å². The normalized spacial score (nSPS) is 10.3. The van der Waals surface area contributed by atoms with Crippen molar-refractivity contribution in [2.24, 2.45) is 0 Å². The summed E-state index contributed by atoms with van der Waals surface area (Å²) in [6.45, 7) is 6.31. The van der Waals surface area contributed by atoms with Gasteiger partial charge in [-0.3, -0.25) is 0 Å². The largest absolute Gasteiger partial charge is 0.579 e. The molecule has 0 aliphatic heterocycles. The van der Waals surface area contributed by atoms with Gasteiger partial charge in [0.1, 0.15) is 0 Å². The van der Waals surface area contributed by atoms with Crippen molar-refractivity contribution in [2.75, 3.05) is 0 Å². The molecule has 0 aliphatic rings. The maximum Gasteiger partial charge on any atom is 0.0300 e. The van der Waals surface area contributed by atoms with Crippen LogP contribution < -0.4 is 5.10 Å². The molecule has 1 aromatic heterocycles. The van der Waals surface area contributed by atoms with Gasteiger partial charge in [0, 0.05) is 28.2 Å². The third-order valence-electron chi connectivity index (χ3n) is 2.80. The molecule has 93 valence electrons. The van der Waals surface area contributed by atoms with Crippen molar-refractivity contribution < 1.29 is 17.1 Å². The zero-order valence-corrected chi connectivity index (χ0v) is 10.9. The van der Waals surface area contributed by atoms with Crippen LogP contribution in [0.3, 0.4) is 0 Å². The van der Waals surface area contributed by atoms with E-state index in [1.54, 1.807) is 0 Å². The van der Waals surface area contributed by atoms with E-state index < -0.39 is 0 Å². The molecule has 0 bridgehead atoms. The van der Waals surface area contributed by atoms with Crippen molar-refractivity contribution in [3.8, 4) is 0 Å². The van der Waals surface area contributed by atoms with Gasteiger partial charge in [-0.1, -0.05) is 64.6 Å². The van der Waals surface area contributed by atoms with Gasteiger partial charge in [-0.2, -0.15) is 0 Å². The molecule has 1 radical (unpaired) electrons. The first kappa shape index (κ1) is 15.9. The van der Waals surface area contributed by atoms with Crippen LogP contribution in [0.4, 0.5) is 0 Å². The molecule has 0 saturated heterocycles. The van der Waals surface area contributed by atoms with E-state index in [2.05, 4.69) is 48.3 Å². The Balaban J connectivity index is 0.00000128. The summed E-state index contributed by atoms with van der Waals surface area (Å²) in [5.41, 5.74) is 3.22. The molecule has 0 atom stereocenters. The average molecular weight is 270 g/mol. The van der Waals surface area contributed by atoms with Gasteiger partial charge in [0.2, 0.25) is 0 Å². The number of rotatable bonds is 2. The van der Waals surface area contributed by atoms with Crippen LogP contribution in [0, 0.1) is 6.92 Å². The van der Waals surface area contributed by atoms with Gasteiger partial charge in [-0.15, -0.1) is 5.69 Å². The number of aromatic nitrogens is 2. The maximum absolute atomic E-state index is 4.21. The van der Waals surface area contributed by atoms with Gasteiger partial charge in [0.05, 0.1) is 0 Å². The summed E-state index contributed by atoms with van der Waals surface area (Å²) >= 11 is 0. The van der Waals surface area contributed by atoms with Crippen LogP contribution in [0.1, 0.15) is 38.2 Å². The summed E-state index contributed by atoms with van der Waals surface area (Å²) in [5, 5.41) is 8.27. The second-order valence-electron chi connectivity index (χ2n) is 4.36. The summed E-state index contributed by atoms with van der Waals surface area (Å²) in [7, 11) is 0. The van der Waals surface area contributed by atoms with E-state index in [-0.39, 0.29) is 29.9 Å². The molecular formula is C14H19MnN2-. The Morgan fingerprint density at radius 1 is 1.12 bits per heavy atom. The van der Waals surface area contributed by atoms with Gasteiger partial charge in [0.25, 0.3) is 0 Å². The van der Waals surface area contributed by atoms with Gasteiger partial charge in [-0.25, -0.2) is 0 Å². The zero-order valence-electron chi connectivity index (χ0n) is 9.74. The molecule has 2 aromatic rings. The van der Waals surface area contributed by atoms with Gasteiger partial charge < -0.3 is 10.2 Å². The topological polar surface area (TPSA) is 27.0 Å². The molecule has 2 nitrogen and oxygen atoms in total. The van der Waals surface area contributed by atoms with E-state index >= 15 is 0 Å². The van der Waals surface area contributed by atoms with Crippen molar-refractivity contribution in [3.05, 3.63) is 53.3 Å². The van der Waals surface area contributed by atoms with Crippen LogP contribution in [-0.2, 0) is 22.5 Å². The van der Waals surface area contributed by atoms with E-state index in [0.717, 1.165) is 11.4 Å². The third-order valence-corrected chi connectivity index (χ3v) is 2.80. The monoisotopic (exact) mass is 270 g/mol. The van der Waals surface area contributed by atoms with E-state index in [0.29, 0.717) is 0 Å². The van der Waals surface area contributed by atoms with E-state index in [1.165, 1.54) is 5.56 Å². The summed E-state index contributed by atoms with van der Waals surface area (Å²) in [4.78, 5) is 0. The smallest absolute Gasteiger partial charge is 0.0300 e. The Bertz CT molecular complexity index is 446. The predicted molar refractivity (Wildman–Crippen MR) is 67.6 cm³/mol. The first-order chi connectivity index (χ1) is 7.10. The fourth-order valence-corrected chi connectivity index (χ4v) is 1.70. The number of benzene rings is 1. The molecular weight excluding hydrogens is 251 g/mol. The van der Waals surface area contributed by atoms with Crippen LogP contribution in [0.25, 0.3) is 0 Å². The van der Waals surface area contributed by atoms with Crippen molar-refractivity contribution >= 4 is 0 Å². The average Bonchev–Trinajstić information content (AvgIpc) is 2.67. The molecule has 0 fully saturated rings. The minimum atomic E-state index is -0.0669. The molecule has 2 rings (SSSR count). The van der Waals surface area contributed by atoms with Gasteiger partial charge in [0.15, 0.2) is 0 Å². The number of hydrogen-bond acceptors (Lipinski definition) is 1. The number of nitrogens with zero attached hydrogens (tertiary/aromatic N) is 2. The van der Waals surface area contributed by atoms with Crippen molar-refractivity contribution in [1.82, 2.24) is 10.2 Å². The SMILES string of the molecule is C.Cc1cc(C(C)(C)c2ccccc2)n[n-]1.[Mn]. The summed E-state index contributed by atoms with van der Waals surface area (Å²) in [6, 6.07) is 12.4. The molecule has 0 amide bonds. The third kappa shape index (κ3) is 3.21. The molecule has 0 aliphatic carbocycles. The summed E-state index contributed by atoms with van der Waals surface area (Å²) in [5.74, 6) is 0. The molecule has 0 unspecified atom stereocenters. The van der Waals surface area contributed by atoms with Crippen LogP contribution in [0.5, 0.6) is 0 Å². The Hall–Kier alpha value is -1.05. The van der Waals surface area contributed by atoms with Crippen LogP contribution in [0.15, 0.2) is 36.4 Å². The second kappa shape index (κ2) is 6.04. The zero-order chi connectivity index (χ0) is 10.9. The first-order valence-corrected chi connectivity index (χ1v) is 5.14. The first-order valence-electron chi connectivity index (χ1n) is 5.14. The standard InChI is InChI=1S/C13H15N2.CH4.Mn/c1-10-9-12(15-14-10)13(2,3)11-7-5-4-6-8-11;;/h4-9H,1-3H3;1H4;/q-1;;. The number of hydrogen-bond donors (Lipinski definition) is 0. The summed E-state index contributed by atoms with van der Waals surface area (Å²) in [6.07, 6.45) is 0. The minimum Gasteiger partial charge on any atom is -0.579 e. The Labute approximate surface area is 114 Å². The fraction of sp³-hybridized carbons (Fsp3) is 0.357. The van der Waals surface area contributed by atoms with Crippen LogP contribution in [0.2, 0.25) is 0 Å². The van der Waals surface area contributed by atoms with Crippen molar-refractivity contribution in [1.29, 1.82) is 0 Å². The van der Waals surface area contributed by atoms with Crippen LogP contribution in [-0.4, -0.2) is 5.10 Å². The maximum atomic E-state index is 4.21. The molecule has 0 saturated carbocycles. The molecule has 17 heavy (non-hydrogen) atoms. The van der Waals surface area contributed by atoms with E-state index in [4.69, 9.17) is 0 Å². The molecule has 1 heterocycles. The van der Waals surface area contributed by atoms with E-state index in [9.17, 15) is 0 Å². The van der Waals surface area contributed by atoms with E-state index in [1.807, 2.05) is 19.1 Å². The predicted octanol–water partition coefficient (Wildman–Crippen LogP) is 3.31. The minimum absolute atomic E-state index is 0. The fourth-order valence-electron chi connectivity index (χ4n) is 1.70. The quantitative estimate of drug-likeness (QED) is 0.783. The molecule has 0 spiro atoms.